The van der Waals surface area contributed by atoms with E-state index in [2.05, 4.69) is 4.72 Å². The van der Waals surface area contributed by atoms with E-state index in [0.717, 1.165) is 24.3 Å². The second-order valence-electron chi connectivity index (χ2n) is 6.60. The van der Waals surface area contributed by atoms with Gasteiger partial charge in [0.1, 0.15) is 5.82 Å². The summed E-state index contributed by atoms with van der Waals surface area (Å²) in [5.74, 6) is -4.08. The molecular weight excluding hydrogens is 379 g/mol. The van der Waals surface area contributed by atoms with Gasteiger partial charge in [0.2, 0.25) is 15.8 Å². The van der Waals surface area contributed by atoms with Gasteiger partial charge in [0, 0.05) is 12.3 Å². The van der Waals surface area contributed by atoms with Crippen LogP contribution in [0.1, 0.15) is 26.7 Å². The maximum absolute atomic E-state index is 13.0. The number of hydrogen-bond acceptors (Lipinski definition) is 6. The molecule has 0 aromatic heterocycles. The lowest BCUT2D eigenvalue weighted by Gasteiger charge is -2.22. The van der Waals surface area contributed by atoms with Gasteiger partial charge in [-0.15, -0.1) is 0 Å². The largest absolute Gasteiger partial charge is 0.311 e. The zero-order valence-electron chi connectivity index (χ0n) is 14.9. The van der Waals surface area contributed by atoms with Gasteiger partial charge < -0.3 is 0 Å². The van der Waals surface area contributed by atoms with Crippen molar-refractivity contribution in [3.05, 3.63) is 30.1 Å². The zero-order chi connectivity index (χ0) is 20.2. The smallest absolute Gasteiger partial charge is 0.298 e. The summed E-state index contributed by atoms with van der Waals surface area (Å²) in [6.07, 6.45) is -0.122. The first kappa shape index (κ1) is 21.1. The summed E-state index contributed by atoms with van der Waals surface area (Å²) in [4.78, 5) is 40.8. The summed E-state index contributed by atoms with van der Waals surface area (Å²) in [5, 5.41) is 0. The molecule has 8 nitrogen and oxygen atoms in total. The van der Waals surface area contributed by atoms with Crippen molar-refractivity contribution in [1.29, 1.82) is 0 Å². The minimum atomic E-state index is -4.07. The molecule has 10 heteroatoms. The van der Waals surface area contributed by atoms with Crippen LogP contribution in [0.4, 0.5) is 4.39 Å². The first-order valence-corrected chi connectivity index (χ1v) is 9.86. The SMILES string of the molecule is CC(C)C(NS(=O)(=O)c1ccc(F)cc1)C(=O)CC1CCONC(=O)C1=O. The Labute approximate surface area is 156 Å². The van der Waals surface area contributed by atoms with E-state index in [1.165, 1.54) is 0 Å². The molecule has 27 heavy (non-hydrogen) atoms. The van der Waals surface area contributed by atoms with Gasteiger partial charge in [-0.2, -0.15) is 0 Å². The molecule has 1 aliphatic rings. The van der Waals surface area contributed by atoms with E-state index in [1.807, 2.05) is 5.48 Å². The number of halogens is 1. The maximum Gasteiger partial charge on any atom is 0.311 e. The minimum Gasteiger partial charge on any atom is -0.298 e. The van der Waals surface area contributed by atoms with Gasteiger partial charge in [0.25, 0.3) is 0 Å². The van der Waals surface area contributed by atoms with E-state index in [-0.39, 0.29) is 24.3 Å². The zero-order valence-corrected chi connectivity index (χ0v) is 15.7. The van der Waals surface area contributed by atoms with Gasteiger partial charge >= 0.3 is 5.91 Å². The Balaban J connectivity index is 2.16. The highest BCUT2D eigenvalue weighted by Gasteiger charge is 2.34. The minimum absolute atomic E-state index is 0.0725. The van der Waals surface area contributed by atoms with Gasteiger partial charge in [0.05, 0.1) is 17.5 Å². The van der Waals surface area contributed by atoms with E-state index in [0.29, 0.717) is 0 Å². The normalized spacial score (nSPS) is 19.5. The summed E-state index contributed by atoms with van der Waals surface area (Å²) >= 11 is 0. The number of sulfonamides is 1. The molecule has 1 aromatic rings. The molecule has 0 radical (unpaired) electrons. The van der Waals surface area contributed by atoms with Crippen molar-refractivity contribution in [3.63, 3.8) is 0 Å². The van der Waals surface area contributed by atoms with Gasteiger partial charge in [-0.25, -0.2) is 23.0 Å². The third-order valence-electron chi connectivity index (χ3n) is 4.20. The van der Waals surface area contributed by atoms with Crippen molar-refractivity contribution in [3.8, 4) is 0 Å². The lowest BCUT2D eigenvalue weighted by molar-refractivity contribution is -0.145. The first-order chi connectivity index (χ1) is 12.6. The quantitative estimate of drug-likeness (QED) is 0.651. The average molecular weight is 400 g/mol. The van der Waals surface area contributed by atoms with Crippen molar-refractivity contribution in [2.45, 2.75) is 37.6 Å². The van der Waals surface area contributed by atoms with Crippen molar-refractivity contribution in [1.82, 2.24) is 10.2 Å². The Kier molecular flexibility index (Phi) is 6.79. The van der Waals surface area contributed by atoms with Crippen LogP contribution in [0, 0.1) is 17.7 Å². The molecule has 1 aromatic carbocycles. The molecule has 0 bridgehead atoms. The molecule has 1 fully saturated rings. The number of nitrogens with one attached hydrogen (secondary N) is 2. The van der Waals surface area contributed by atoms with Crippen LogP contribution < -0.4 is 10.2 Å². The number of benzene rings is 1. The number of carbonyl (C=O) groups excluding carboxylic acids is 3. The van der Waals surface area contributed by atoms with Crippen LogP contribution in [0.15, 0.2) is 29.2 Å². The highest BCUT2D eigenvalue weighted by atomic mass is 32.2. The fourth-order valence-corrected chi connectivity index (χ4v) is 4.04. The second kappa shape index (κ2) is 8.68. The predicted octanol–water partition coefficient (Wildman–Crippen LogP) is 0.725. The molecule has 2 unspecified atom stereocenters. The van der Waals surface area contributed by atoms with E-state index in [4.69, 9.17) is 4.84 Å². The summed E-state index contributed by atoms with van der Waals surface area (Å²) < 4.78 is 40.3. The van der Waals surface area contributed by atoms with Gasteiger partial charge in [-0.1, -0.05) is 13.8 Å². The Morgan fingerprint density at radius 3 is 2.52 bits per heavy atom. The molecule has 2 N–H and O–H groups in total. The second-order valence-corrected chi connectivity index (χ2v) is 8.31. The fraction of sp³-hybridized carbons (Fsp3) is 0.471. The molecule has 0 spiro atoms. The molecule has 1 amide bonds. The molecule has 148 valence electrons. The fourth-order valence-electron chi connectivity index (χ4n) is 2.67. The number of Topliss-reactive ketones (excluding diaryl/α,β-unsaturated/α-hetero) is 2. The molecule has 2 atom stereocenters. The molecule has 0 aliphatic carbocycles. The summed E-state index contributed by atoms with van der Waals surface area (Å²) in [6, 6.07) is 3.10. The Morgan fingerprint density at radius 1 is 1.30 bits per heavy atom. The van der Waals surface area contributed by atoms with Crippen LogP contribution in [-0.2, 0) is 29.2 Å². The number of hydroxylamine groups is 1. The number of carbonyl (C=O) groups is 3. The molecular formula is C17H21FN2O6S. The third kappa shape index (κ3) is 5.41. The molecule has 0 saturated carbocycles. The summed E-state index contributed by atoms with van der Waals surface area (Å²) in [6.45, 7) is 3.38. The lowest BCUT2D eigenvalue weighted by Crippen LogP contribution is -2.45. The van der Waals surface area contributed by atoms with E-state index in [1.54, 1.807) is 13.8 Å². The average Bonchev–Trinajstić information content (AvgIpc) is 2.75. The van der Waals surface area contributed by atoms with Crippen molar-refractivity contribution in [2.75, 3.05) is 6.61 Å². The van der Waals surface area contributed by atoms with Crippen LogP contribution in [0.2, 0.25) is 0 Å². The van der Waals surface area contributed by atoms with Crippen LogP contribution in [0.3, 0.4) is 0 Å². The number of amides is 1. The molecule has 1 heterocycles. The highest BCUT2D eigenvalue weighted by Crippen LogP contribution is 2.19. The Hall–Kier alpha value is -2.17. The lowest BCUT2D eigenvalue weighted by atomic mass is 9.89. The van der Waals surface area contributed by atoms with E-state index in [9.17, 15) is 27.2 Å². The molecule has 1 aliphatic heterocycles. The summed E-state index contributed by atoms with van der Waals surface area (Å²) in [7, 11) is -4.07. The van der Waals surface area contributed by atoms with Gasteiger partial charge in [-0.3, -0.25) is 19.2 Å². The van der Waals surface area contributed by atoms with Crippen LogP contribution >= 0.6 is 0 Å². The van der Waals surface area contributed by atoms with Crippen LogP contribution in [-0.4, -0.2) is 38.5 Å². The first-order valence-electron chi connectivity index (χ1n) is 8.38. The highest BCUT2D eigenvalue weighted by molar-refractivity contribution is 7.89. The van der Waals surface area contributed by atoms with Crippen molar-refractivity contribution < 1.29 is 32.0 Å². The maximum atomic E-state index is 13.0. The monoisotopic (exact) mass is 400 g/mol. The number of hydrogen-bond donors (Lipinski definition) is 2. The molecule has 2 rings (SSSR count). The number of ketones is 2. The molecule has 1 saturated heterocycles. The Morgan fingerprint density at radius 2 is 1.93 bits per heavy atom. The number of rotatable bonds is 7. The topological polar surface area (TPSA) is 119 Å². The standard InChI is InChI=1S/C17H21FN2O6S/c1-10(2)15(20-27(24,25)13-5-3-12(18)4-6-13)14(21)9-11-7-8-26-19-17(23)16(11)22/h3-6,10-11,15,20H,7-9H2,1-2H3,(H,19,23). The van der Waals surface area contributed by atoms with Crippen LogP contribution in [0.25, 0.3) is 0 Å². The Bertz CT molecular complexity index is 822. The predicted molar refractivity (Wildman–Crippen MR) is 92.2 cm³/mol. The van der Waals surface area contributed by atoms with Gasteiger partial charge in [0.15, 0.2) is 5.78 Å². The van der Waals surface area contributed by atoms with E-state index >= 15 is 0 Å². The van der Waals surface area contributed by atoms with Gasteiger partial charge in [-0.05, 0) is 36.6 Å². The van der Waals surface area contributed by atoms with E-state index < -0.39 is 51.2 Å². The van der Waals surface area contributed by atoms with Crippen molar-refractivity contribution >= 4 is 27.5 Å². The summed E-state index contributed by atoms with van der Waals surface area (Å²) in [5.41, 5.74) is 1.97. The van der Waals surface area contributed by atoms with Crippen molar-refractivity contribution in [2.24, 2.45) is 11.8 Å². The third-order valence-corrected chi connectivity index (χ3v) is 5.65. The van der Waals surface area contributed by atoms with Crippen LogP contribution in [0.5, 0.6) is 0 Å².